The minimum atomic E-state index is -0.466. The lowest BCUT2D eigenvalue weighted by Crippen LogP contribution is -2.24. The molecule has 0 radical (unpaired) electrons. The van der Waals surface area contributed by atoms with Crippen molar-refractivity contribution in [3.05, 3.63) is 0 Å². The fourth-order valence-electron chi connectivity index (χ4n) is 1.14. The molecule has 1 atom stereocenters. The van der Waals surface area contributed by atoms with E-state index in [9.17, 15) is 4.79 Å². The molecule has 0 bridgehead atoms. The van der Waals surface area contributed by atoms with Gasteiger partial charge in [0.05, 0.1) is 11.5 Å². The largest absolute Gasteiger partial charge is 0.460 e. The molecule has 2 N–H and O–H groups in total. The van der Waals surface area contributed by atoms with Crippen molar-refractivity contribution in [2.24, 2.45) is 0 Å². The molecule has 0 saturated heterocycles. The first kappa shape index (κ1) is 15.3. The number of hydrogen-bond acceptors (Lipinski definition) is 6. The summed E-state index contributed by atoms with van der Waals surface area (Å²) in [5, 5.41) is 16.4. The molecule has 0 aliphatic carbocycles. The fourth-order valence-corrected chi connectivity index (χ4v) is 1.14. The van der Waals surface area contributed by atoms with Crippen LogP contribution in [-0.4, -0.2) is 33.5 Å². The molecule has 0 saturated carbocycles. The van der Waals surface area contributed by atoms with E-state index in [4.69, 9.17) is 15.2 Å². The first-order valence-electron chi connectivity index (χ1n) is 5.27. The molecule has 0 aromatic rings. The maximum atomic E-state index is 11.3. The molecule has 16 heavy (non-hydrogen) atoms. The molecule has 0 aliphatic heterocycles. The Kier molecular flexibility index (Phi) is 6.51. The Labute approximate surface area is 95.6 Å². The predicted molar refractivity (Wildman–Crippen MR) is 55.7 cm³/mol. The number of esters is 1. The number of nitrogens with zero attached hydrogens (tertiary/aromatic N) is 1. The maximum Gasteiger partial charge on any atom is 0.306 e. The number of carbonyl (C=O) groups is 1. The van der Waals surface area contributed by atoms with Gasteiger partial charge in [0.1, 0.15) is 5.60 Å². The van der Waals surface area contributed by atoms with Crippen LogP contribution in [0, 0.1) is 0 Å². The second-order valence-corrected chi connectivity index (χ2v) is 4.65. The first-order valence-corrected chi connectivity index (χ1v) is 5.27. The van der Waals surface area contributed by atoms with Gasteiger partial charge in [0.25, 0.3) is 0 Å². The summed E-state index contributed by atoms with van der Waals surface area (Å²) in [5.41, 5.74) is -0.466. The molecule has 96 valence electrons. The summed E-state index contributed by atoms with van der Waals surface area (Å²) in [5.74, 6) is -0.260. The van der Waals surface area contributed by atoms with E-state index in [1.54, 1.807) is 6.92 Å². The highest BCUT2D eigenvalue weighted by molar-refractivity contribution is 5.69. The molecule has 0 aromatic heterocycles. The molecule has 6 heteroatoms. The number of carbonyl (C=O) groups excluding carboxylic acids is 1. The summed E-state index contributed by atoms with van der Waals surface area (Å²) in [7, 11) is 0. The molecular weight excluding hydrogens is 214 g/mol. The van der Waals surface area contributed by atoms with E-state index in [1.807, 2.05) is 20.8 Å². The molecule has 0 heterocycles. The molecule has 0 rings (SSSR count). The summed E-state index contributed by atoms with van der Waals surface area (Å²) in [6, 6.07) is 0. The SMILES string of the molecule is C[C@@H](CCCC(=O)OC(C)(C)C)ON(O)O. The lowest BCUT2D eigenvalue weighted by molar-refractivity contribution is -0.503. The van der Waals surface area contributed by atoms with E-state index in [2.05, 4.69) is 4.84 Å². The molecule has 0 aliphatic rings. The first-order chi connectivity index (χ1) is 7.20. The highest BCUT2D eigenvalue weighted by atomic mass is 17.1. The van der Waals surface area contributed by atoms with Crippen LogP contribution in [0.4, 0.5) is 0 Å². The van der Waals surface area contributed by atoms with Crippen molar-refractivity contribution in [3.63, 3.8) is 0 Å². The van der Waals surface area contributed by atoms with Gasteiger partial charge in [-0.15, -0.1) is 0 Å². The smallest absolute Gasteiger partial charge is 0.306 e. The normalized spacial score (nSPS) is 13.9. The van der Waals surface area contributed by atoms with Crippen LogP contribution in [0.25, 0.3) is 0 Å². The van der Waals surface area contributed by atoms with Crippen LogP contribution in [0.5, 0.6) is 0 Å². The van der Waals surface area contributed by atoms with Crippen molar-refractivity contribution in [1.29, 1.82) is 0 Å². The summed E-state index contributed by atoms with van der Waals surface area (Å²) < 4.78 is 5.11. The molecule has 6 nitrogen and oxygen atoms in total. The third-order valence-electron chi connectivity index (χ3n) is 1.69. The molecular formula is C10H21NO5. The van der Waals surface area contributed by atoms with Gasteiger partial charge in [-0.25, -0.2) is 4.84 Å². The predicted octanol–water partition coefficient (Wildman–Crippen LogP) is 1.90. The third-order valence-corrected chi connectivity index (χ3v) is 1.69. The Morgan fingerprint density at radius 3 is 2.38 bits per heavy atom. The van der Waals surface area contributed by atoms with Crippen molar-refractivity contribution < 1.29 is 24.8 Å². The summed E-state index contributed by atoms with van der Waals surface area (Å²) in [6.07, 6.45) is 1.04. The molecule has 0 spiro atoms. The van der Waals surface area contributed by atoms with E-state index in [0.717, 1.165) is 0 Å². The quantitative estimate of drug-likeness (QED) is 0.540. The highest BCUT2D eigenvalue weighted by Crippen LogP contribution is 2.11. The molecule has 0 unspecified atom stereocenters. The van der Waals surface area contributed by atoms with Gasteiger partial charge in [-0.3, -0.25) is 15.2 Å². The zero-order valence-electron chi connectivity index (χ0n) is 10.3. The Morgan fingerprint density at radius 1 is 1.38 bits per heavy atom. The van der Waals surface area contributed by atoms with Crippen LogP contribution in [0.2, 0.25) is 0 Å². The van der Waals surface area contributed by atoms with Gasteiger partial charge in [-0.05, 0) is 40.5 Å². The Morgan fingerprint density at radius 2 is 1.94 bits per heavy atom. The van der Waals surface area contributed by atoms with E-state index in [0.29, 0.717) is 19.3 Å². The van der Waals surface area contributed by atoms with Crippen molar-refractivity contribution in [3.8, 4) is 0 Å². The number of ether oxygens (including phenoxy) is 1. The molecule has 0 amide bonds. The van der Waals surface area contributed by atoms with Gasteiger partial charge in [0, 0.05) is 6.42 Å². The summed E-state index contributed by atoms with van der Waals surface area (Å²) in [4.78, 5) is 15.8. The highest BCUT2D eigenvalue weighted by Gasteiger charge is 2.16. The summed E-state index contributed by atoms with van der Waals surface area (Å²) >= 11 is 0. The van der Waals surface area contributed by atoms with Crippen molar-refractivity contribution in [2.45, 2.75) is 58.7 Å². The Balaban J connectivity index is 3.62. The second kappa shape index (κ2) is 6.80. The van der Waals surface area contributed by atoms with Crippen molar-refractivity contribution in [2.75, 3.05) is 0 Å². The van der Waals surface area contributed by atoms with E-state index < -0.39 is 5.60 Å². The average molecular weight is 235 g/mol. The summed E-state index contributed by atoms with van der Waals surface area (Å²) in [6.45, 7) is 7.11. The van der Waals surface area contributed by atoms with E-state index >= 15 is 0 Å². The minimum Gasteiger partial charge on any atom is -0.460 e. The second-order valence-electron chi connectivity index (χ2n) is 4.65. The van der Waals surface area contributed by atoms with Gasteiger partial charge in [0.2, 0.25) is 0 Å². The van der Waals surface area contributed by atoms with Crippen molar-refractivity contribution in [1.82, 2.24) is 5.39 Å². The monoisotopic (exact) mass is 235 g/mol. The zero-order chi connectivity index (χ0) is 12.8. The van der Waals surface area contributed by atoms with Crippen LogP contribution < -0.4 is 0 Å². The van der Waals surface area contributed by atoms with Crippen LogP contribution in [-0.2, 0) is 14.4 Å². The van der Waals surface area contributed by atoms with Crippen molar-refractivity contribution >= 4 is 5.97 Å². The number of hydrogen-bond donors (Lipinski definition) is 2. The van der Waals surface area contributed by atoms with Crippen LogP contribution >= 0.6 is 0 Å². The molecule has 0 fully saturated rings. The number of rotatable bonds is 6. The maximum absolute atomic E-state index is 11.3. The van der Waals surface area contributed by atoms with Crippen LogP contribution in [0.1, 0.15) is 47.0 Å². The van der Waals surface area contributed by atoms with Gasteiger partial charge in [-0.2, -0.15) is 0 Å². The Bertz CT molecular complexity index is 212. The minimum absolute atomic E-state index is 0.260. The average Bonchev–Trinajstić information content (AvgIpc) is 1.98. The van der Waals surface area contributed by atoms with Crippen LogP contribution in [0.3, 0.4) is 0 Å². The molecule has 0 aromatic carbocycles. The van der Waals surface area contributed by atoms with Gasteiger partial charge < -0.3 is 4.74 Å². The van der Waals surface area contributed by atoms with Gasteiger partial charge in [0.15, 0.2) is 0 Å². The van der Waals surface area contributed by atoms with Gasteiger partial charge in [-0.1, -0.05) is 0 Å². The van der Waals surface area contributed by atoms with Crippen LogP contribution in [0.15, 0.2) is 0 Å². The van der Waals surface area contributed by atoms with Gasteiger partial charge >= 0.3 is 5.97 Å². The Hall–Kier alpha value is -0.690. The van der Waals surface area contributed by atoms with E-state index in [1.165, 1.54) is 0 Å². The standard InChI is InChI=1S/C10H21NO5/c1-8(16-11(13)14)6-5-7-9(12)15-10(2,3)4/h8,13-14H,5-7H2,1-4H3/t8-/m0/s1. The third kappa shape index (κ3) is 9.85. The lowest BCUT2D eigenvalue weighted by atomic mass is 10.1. The zero-order valence-corrected chi connectivity index (χ0v) is 10.3. The van der Waals surface area contributed by atoms with E-state index in [-0.39, 0.29) is 17.5 Å². The topological polar surface area (TPSA) is 79.2 Å². The lowest BCUT2D eigenvalue weighted by Gasteiger charge is -2.19. The fraction of sp³-hybridized carbons (Fsp3) is 0.900.